The summed E-state index contributed by atoms with van der Waals surface area (Å²) in [4.78, 5) is 18.3. The van der Waals surface area contributed by atoms with Crippen molar-refractivity contribution in [1.82, 2.24) is 9.55 Å². The van der Waals surface area contributed by atoms with E-state index < -0.39 is 0 Å². The van der Waals surface area contributed by atoms with E-state index >= 15 is 0 Å². The third-order valence-corrected chi connectivity index (χ3v) is 3.24. The summed E-state index contributed by atoms with van der Waals surface area (Å²) in [6.07, 6.45) is 3.62. The summed E-state index contributed by atoms with van der Waals surface area (Å²) in [7, 11) is 3.81. The van der Waals surface area contributed by atoms with Gasteiger partial charge in [-0.2, -0.15) is 0 Å². The Morgan fingerprint density at radius 3 is 2.86 bits per heavy atom. The smallest absolute Gasteiger partial charge is 0.340 e. The molecular formula is C15H20N4O2. The second kappa shape index (κ2) is 6.30. The lowest BCUT2D eigenvalue weighted by atomic mass is 10.1. The molecule has 0 saturated carbocycles. The van der Waals surface area contributed by atoms with E-state index in [4.69, 9.17) is 10.5 Å². The highest BCUT2D eigenvalue weighted by Crippen LogP contribution is 2.28. The van der Waals surface area contributed by atoms with Gasteiger partial charge < -0.3 is 19.9 Å². The Labute approximate surface area is 124 Å². The molecule has 0 radical (unpaired) electrons. The van der Waals surface area contributed by atoms with Crippen LogP contribution in [0.25, 0.3) is 0 Å². The van der Waals surface area contributed by atoms with Gasteiger partial charge in [-0.1, -0.05) is 6.07 Å². The van der Waals surface area contributed by atoms with Crippen LogP contribution in [0, 0.1) is 0 Å². The van der Waals surface area contributed by atoms with Gasteiger partial charge in [-0.25, -0.2) is 9.78 Å². The average molecular weight is 288 g/mol. The summed E-state index contributed by atoms with van der Waals surface area (Å²) in [6.45, 7) is 2.65. The van der Waals surface area contributed by atoms with Crippen molar-refractivity contribution in [2.24, 2.45) is 7.05 Å². The van der Waals surface area contributed by atoms with Crippen LogP contribution in [0.15, 0.2) is 30.6 Å². The predicted molar refractivity (Wildman–Crippen MR) is 82.1 cm³/mol. The van der Waals surface area contributed by atoms with E-state index in [1.54, 1.807) is 31.3 Å². The number of nitrogens with zero attached hydrogens (tertiary/aromatic N) is 3. The molecule has 0 fully saturated rings. The van der Waals surface area contributed by atoms with Crippen molar-refractivity contribution < 1.29 is 9.53 Å². The topological polar surface area (TPSA) is 73.4 Å². The number of ether oxygens (including phenoxy) is 1. The zero-order valence-electron chi connectivity index (χ0n) is 12.5. The van der Waals surface area contributed by atoms with E-state index in [-0.39, 0.29) is 5.97 Å². The summed E-state index contributed by atoms with van der Waals surface area (Å²) < 4.78 is 7.02. The molecule has 0 unspecified atom stereocenters. The van der Waals surface area contributed by atoms with Gasteiger partial charge in [-0.15, -0.1) is 0 Å². The highest BCUT2D eigenvalue weighted by atomic mass is 16.5. The first kappa shape index (κ1) is 14.9. The van der Waals surface area contributed by atoms with Gasteiger partial charge in [-0.3, -0.25) is 0 Å². The standard InChI is InChI=1S/C15H20N4O2/c1-4-21-15(20)11-6-5-7-12(16)14(11)19(3)10-13-17-8-9-18(13)2/h5-9H,4,10,16H2,1-3H3. The lowest BCUT2D eigenvalue weighted by molar-refractivity contribution is 0.0527. The van der Waals surface area contributed by atoms with Crippen molar-refractivity contribution in [3.05, 3.63) is 42.0 Å². The van der Waals surface area contributed by atoms with Gasteiger partial charge in [0.05, 0.1) is 30.1 Å². The summed E-state index contributed by atoms with van der Waals surface area (Å²) >= 11 is 0. The second-order valence-electron chi connectivity index (χ2n) is 4.77. The van der Waals surface area contributed by atoms with Gasteiger partial charge >= 0.3 is 5.97 Å². The minimum absolute atomic E-state index is 0.330. The van der Waals surface area contributed by atoms with Gasteiger partial charge in [0.2, 0.25) is 0 Å². The summed E-state index contributed by atoms with van der Waals surface area (Å²) in [5.41, 5.74) is 7.72. The Morgan fingerprint density at radius 2 is 2.24 bits per heavy atom. The molecule has 6 heteroatoms. The van der Waals surface area contributed by atoms with Crippen molar-refractivity contribution in [2.45, 2.75) is 13.5 Å². The molecule has 1 aromatic heterocycles. The van der Waals surface area contributed by atoms with Crippen LogP contribution in [-0.4, -0.2) is 29.2 Å². The third kappa shape index (κ3) is 3.16. The number of aromatic nitrogens is 2. The first-order chi connectivity index (χ1) is 10.0. The van der Waals surface area contributed by atoms with Crippen molar-refractivity contribution in [2.75, 3.05) is 24.3 Å². The Hall–Kier alpha value is -2.50. The zero-order chi connectivity index (χ0) is 15.4. The Morgan fingerprint density at radius 1 is 1.48 bits per heavy atom. The molecule has 0 aliphatic carbocycles. The number of rotatable bonds is 5. The Bertz CT molecular complexity index is 636. The van der Waals surface area contributed by atoms with Crippen molar-refractivity contribution >= 4 is 17.3 Å². The number of para-hydroxylation sites is 1. The normalized spacial score (nSPS) is 10.4. The largest absolute Gasteiger partial charge is 0.462 e. The van der Waals surface area contributed by atoms with Crippen LogP contribution in [0.5, 0.6) is 0 Å². The molecule has 6 nitrogen and oxygen atoms in total. The minimum atomic E-state index is -0.369. The first-order valence-corrected chi connectivity index (χ1v) is 6.77. The van der Waals surface area contributed by atoms with Crippen molar-refractivity contribution in [3.63, 3.8) is 0 Å². The number of hydrogen-bond donors (Lipinski definition) is 1. The SMILES string of the molecule is CCOC(=O)c1cccc(N)c1N(C)Cc1nccn1C. The van der Waals surface area contributed by atoms with Gasteiger partial charge in [0.1, 0.15) is 5.82 Å². The molecule has 0 aliphatic heterocycles. The van der Waals surface area contributed by atoms with Crippen LogP contribution in [0.3, 0.4) is 0 Å². The molecule has 2 N–H and O–H groups in total. The van der Waals surface area contributed by atoms with Crippen LogP contribution >= 0.6 is 0 Å². The highest BCUT2D eigenvalue weighted by molar-refractivity contribution is 5.99. The molecule has 112 valence electrons. The van der Waals surface area contributed by atoms with Gasteiger partial charge in [-0.05, 0) is 19.1 Å². The number of carbonyl (C=O) groups excluding carboxylic acids is 1. The number of nitrogens with two attached hydrogens (primary N) is 1. The molecule has 0 spiro atoms. The molecule has 0 saturated heterocycles. The van der Waals surface area contributed by atoms with Crippen molar-refractivity contribution in [3.8, 4) is 0 Å². The fourth-order valence-electron chi connectivity index (χ4n) is 2.20. The zero-order valence-corrected chi connectivity index (χ0v) is 12.5. The molecule has 2 aromatic rings. The van der Waals surface area contributed by atoms with E-state index in [2.05, 4.69) is 4.98 Å². The van der Waals surface area contributed by atoms with Crippen LogP contribution < -0.4 is 10.6 Å². The maximum atomic E-state index is 12.1. The molecule has 0 aliphatic rings. The van der Waals surface area contributed by atoms with E-state index in [1.807, 2.05) is 29.8 Å². The fourth-order valence-corrected chi connectivity index (χ4v) is 2.20. The predicted octanol–water partition coefficient (Wildman–Crippen LogP) is 1.82. The van der Waals surface area contributed by atoms with E-state index in [9.17, 15) is 4.79 Å². The molecule has 1 aromatic carbocycles. The Kier molecular flexibility index (Phi) is 4.47. The van der Waals surface area contributed by atoms with Crippen LogP contribution in [0.2, 0.25) is 0 Å². The fraction of sp³-hybridized carbons (Fsp3) is 0.333. The average Bonchev–Trinajstić information content (AvgIpc) is 2.84. The van der Waals surface area contributed by atoms with E-state index in [0.717, 1.165) is 5.82 Å². The van der Waals surface area contributed by atoms with Crippen LogP contribution in [0.1, 0.15) is 23.1 Å². The highest BCUT2D eigenvalue weighted by Gasteiger charge is 2.19. The molecule has 2 rings (SSSR count). The number of aryl methyl sites for hydroxylation is 1. The quantitative estimate of drug-likeness (QED) is 0.671. The summed E-state index contributed by atoms with van der Waals surface area (Å²) in [6, 6.07) is 5.24. The summed E-state index contributed by atoms with van der Waals surface area (Å²) in [5.74, 6) is 0.516. The molecule has 0 amide bonds. The first-order valence-electron chi connectivity index (χ1n) is 6.77. The lowest BCUT2D eigenvalue weighted by Crippen LogP contribution is -2.23. The van der Waals surface area contributed by atoms with Gasteiger partial charge in [0, 0.05) is 26.5 Å². The Balaban J connectivity index is 2.33. The monoisotopic (exact) mass is 288 g/mol. The number of nitrogen functional groups attached to an aromatic ring is 1. The number of hydrogen-bond acceptors (Lipinski definition) is 5. The van der Waals surface area contributed by atoms with Crippen LogP contribution in [0.4, 0.5) is 11.4 Å². The third-order valence-electron chi connectivity index (χ3n) is 3.24. The molecule has 0 atom stereocenters. The van der Waals surface area contributed by atoms with Crippen LogP contribution in [-0.2, 0) is 18.3 Å². The lowest BCUT2D eigenvalue weighted by Gasteiger charge is -2.23. The molecule has 1 heterocycles. The van der Waals surface area contributed by atoms with E-state index in [1.165, 1.54) is 0 Å². The number of benzene rings is 1. The minimum Gasteiger partial charge on any atom is -0.462 e. The number of imidazole rings is 1. The molecular weight excluding hydrogens is 268 g/mol. The maximum absolute atomic E-state index is 12.1. The molecule has 21 heavy (non-hydrogen) atoms. The van der Waals surface area contributed by atoms with E-state index in [0.29, 0.717) is 30.1 Å². The van der Waals surface area contributed by atoms with Gasteiger partial charge in [0.15, 0.2) is 0 Å². The maximum Gasteiger partial charge on any atom is 0.340 e. The van der Waals surface area contributed by atoms with Gasteiger partial charge in [0.25, 0.3) is 0 Å². The number of esters is 1. The molecule has 0 bridgehead atoms. The number of anilines is 2. The van der Waals surface area contributed by atoms with Crippen molar-refractivity contribution in [1.29, 1.82) is 0 Å². The number of carbonyl (C=O) groups is 1. The summed E-state index contributed by atoms with van der Waals surface area (Å²) in [5, 5.41) is 0. The second-order valence-corrected chi connectivity index (χ2v) is 4.77.